The van der Waals surface area contributed by atoms with Crippen LogP contribution in [0.1, 0.15) is 18.5 Å². The number of fused-ring (bicyclic) bond motifs is 3. The van der Waals surface area contributed by atoms with Gasteiger partial charge < -0.3 is 19.5 Å². The molecule has 3 aromatic rings. The second-order valence-electron chi connectivity index (χ2n) is 6.43. The zero-order valence-electron chi connectivity index (χ0n) is 16.1. The number of ether oxygens (including phenoxy) is 3. The molecule has 2 aromatic carbocycles. The van der Waals surface area contributed by atoms with E-state index in [2.05, 4.69) is 5.32 Å². The zero-order valence-corrected chi connectivity index (χ0v) is 16.1. The van der Waals surface area contributed by atoms with Gasteiger partial charge >= 0.3 is 5.97 Å². The number of imidazole rings is 1. The number of benzene rings is 2. The summed E-state index contributed by atoms with van der Waals surface area (Å²) in [4.78, 5) is 17.4. The smallest absolute Gasteiger partial charge is 0.337 e. The third-order valence-corrected chi connectivity index (χ3v) is 4.96. The van der Waals surface area contributed by atoms with Crippen molar-refractivity contribution in [1.29, 1.82) is 0 Å². The molecular weight excluding hydrogens is 358 g/mol. The molecule has 0 radical (unpaired) electrons. The molecule has 28 heavy (non-hydrogen) atoms. The van der Waals surface area contributed by atoms with E-state index in [4.69, 9.17) is 19.2 Å². The van der Waals surface area contributed by atoms with E-state index in [9.17, 15) is 4.79 Å². The number of allylic oxidation sites excluding steroid dienone is 1. The zero-order chi connectivity index (χ0) is 19.8. The van der Waals surface area contributed by atoms with Crippen molar-refractivity contribution < 1.29 is 19.0 Å². The normalized spacial score (nSPS) is 15.8. The summed E-state index contributed by atoms with van der Waals surface area (Å²) >= 11 is 0. The maximum Gasteiger partial charge on any atom is 0.337 e. The Kier molecular flexibility index (Phi) is 4.43. The minimum absolute atomic E-state index is 0.414. The number of hydrogen-bond donors (Lipinski definition) is 1. The molecule has 0 saturated carbocycles. The maximum atomic E-state index is 12.8. The Labute approximate surface area is 162 Å². The summed E-state index contributed by atoms with van der Waals surface area (Å²) < 4.78 is 18.2. The van der Waals surface area contributed by atoms with E-state index >= 15 is 0 Å². The number of carbonyl (C=O) groups is 1. The van der Waals surface area contributed by atoms with Crippen LogP contribution in [-0.2, 0) is 9.53 Å². The van der Waals surface area contributed by atoms with E-state index in [0.717, 1.165) is 16.6 Å². The van der Waals surface area contributed by atoms with Crippen LogP contribution in [0, 0.1) is 0 Å². The molecule has 7 nitrogen and oxygen atoms in total. The van der Waals surface area contributed by atoms with Crippen LogP contribution < -0.4 is 14.8 Å². The lowest BCUT2D eigenvalue weighted by molar-refractivity contribution is -0.136. The van der Waals surface area contributed by atoms with Gasteiger partial charge in [0, 0.05) is 11.3 Å². The standard InChI is InChI=1S/C21H21N3O4/c1-12-17(20(25)28-4)18(13-8-7-11-16(26-2)19(13)27-3)24-15-10-6-5-9-14(15)23-21(24)22-12/h5-11,18H,1-4H3,(H,22,23). The van der Waals surface area contributed by atoms with Crippen molar-refractivity contribution in [1.82, 2.24) is 9.55 Å². The molecule has 7 heteroatoms. The number of rotatable bonds is 4. The molecule has 0 amide bonds. The molecule has 1 aromatic heterocycles. The van der Waals surface area contributed by atoms with Gasteiger partial charge in [0.05, 0.1) is 44.0 Å². The maximum absolute atomic E-state index is 12.8. The number of aromatic nitrogens is 2. The van der Waals surface area contributed by atoms with Gasteiger partial charge in [0.1, 0.15) is 0 Å². The molecule has 2 heterocycles. The Morgan fingerprint density at radius 2 is 1.86 bits per heavy atom. The van der Waals surface area contributed by atoms with E-state index in [1.807, 2.05) is 54.0 Å². The summed E-state index contributed by atoms with van der Waals surface area (Å²) in [6, 6.07) is 12.9. The van der Waals surface area contributed by atoms with Crippen molar-refractivity contribution in [3.05, 3.63) is 59.3 Å². The highest BCUT2D eigenvalue weighted by Crippen LogP contribution is 2.45. The van der Waals surface area contributed by atoms with Crippen LogP contribution in [0.3, 0.4) is 0 Å². The lowest BCUT2D eigenvalue weighted by atomic mass is 9.94. The van der Waals surface area contributed by atoms with Crippen molar-refractivity contribution in [2.24, 2.45) is 0 Å². The van der Waals surface area contributed by atoms with Gasteiger partial charge in [0.15, 0.2) is 11.5 Å². The minimum atomic E-state index is -0.485. The number of anilines is 1. The van der Waals surface area contributed by atoms with Crippen molar-refractivity contribution in [3.8, 4) is 11.5 Å². The first-order valence-corrected chi connectivity index (χ1v) is 8.84. The van der Waals surface area contributed by atoms with Crippen LogP contribution in [0.25, 0.3) is 11.0 Å². The SMILES string of the molecule is COC(=O)C1=C(C)Nc2nc3ccccc3n2C1c1cccc(OC)c1OC. The average molecular weight is 379 g/mol. The fourth-order valence-corrected chi connectivity index (χ4v) is 3.76. The lowest BCUT2D eigenvalue weighted by Crippen LogP contribution is -2.28. The number of hydrogen-bond acceptors (Lipinski definition) is 6. The molecule has 4 rings (SSSR count). The molecule has 1 aliphatic heterocycles. The molecule has 0 fully saturated rings. The van der Waals surface area contributed by atoms with E-state index in [0.29, 0.717) is 28.7 Å². The largest absolute Gasteiger partial charge is 0.493 e. The summed E-state index contributed by atoms with van der Waals surface area (Å²) in [5.41, 5.74) is 3.69. The summed E-state index contributed by atoms with van der Waals surface area (Å²) in [6.45, 7) is 1.84. The lowest BCUT2D eigenvalue weighted by Gasteiger charge is -2.31. The molecule has 0 bridgehead atoms. The molecule has 1 unspecified atom stereocenters. The van der Waals surface area contributed by atoms with Crippen molar-refractivity contribution in [2.45, 2.75) is 13.0 Å². The van der Waals surface area contributed by atoms with Crippen LogP contribution >= 0.6 is 0 Å². The van der Waals surface area contributed by atoms with Gasteiger partial charge in [0.2, 0.25) is 5.95 Å². The summed E-state index contributed by atoms with van der Waals surface area (Å²) in [7, 11) is 4.55. The molecule has 1 N–H and O–H groups in total. The van der Waals surface area contributed by atoms with Gasteiger partial charge in [-0.25, -0.2) is 9.78 Å². The molecule has 0 saturated heterocycles. The molecule has 1 aliphatic rings. The van der Waals surface area contributed by atoms with Gasteiger partial charge in [-0.05, 0) is 25.1 Å². The number of esters is 1. The number of carbonyl (C=O) groups excluding carboxylic acids is 1. The first kappa shape index (κ1) is 17.9. The van der Waals surface area contributed by atoms with Crippen molar-refractivity contribution in [3.63, 3.8) is 0 Å². The Hall–Kier alpha value is -3.48. The summed E-state index contributed by atoms with van der Waals surface area (Å²) in [6.07, 6.45) is 0. The Morgan fingerprint density at radius 3 is 2.57 bits per heavy atom. The quantitative estimate of drug-likeness (QED) is 0.699. The fraction of sp³-hybridized carbons (Fsp3) is 0.238. The highest BCUT2D eigenvalue weighted by atomic mass is 16.5. The van der Waals surface area contributed by atoms with Gasteiger partial charge in [0.25, 0.3) is 0 Å². The average Bonchev–Trinajstić information content (AvgIpc) is 3.09. The number of nitrogens with zero attached hydrogens (tertiary/aromatic N) is 2. The topological polar surface area (TPSA) is 74.6 Å². The van der Waals surface area contributed by atoms with Gasteiger partial charge in [-0.1, -0.05) is 24.3 Å². The van der Waals surface area contributed by atoms with Crippen LogP contribution in [0.15, 0.2) is 53.7 Å². The predicted octanol–water partition coefficient (Wildman–Crippen LogP) is 3.52. The Balaban J connectivity index is 2.06. The van der Waals surface area contributed by atoms with E-state index in [-0.39, 0.29) is 0 Å². The van der Waals surface area contributed by atoms with Gasteiger partial charge in [-0.2, -0.15) is 0 Å². The monoisotopic (exact) mass is 379 g/mol. The first-order chi connectivity index (χ1) is 13.6. The van der Waals surface area contributed by atoms with Gasteiger partial charge in [-0.15, -0.1) is 0 Å². The molecule has 0 spiro atoms. The second kappa shape index (κ2) is 6.92. The van der Waals surface area contributed by atoms with Gasteiger partial charge in [-0.3, -0.25) is 4.57 Å². The molecule has 1 atom stereocenters. The Morgan fingerprint density at radius 1 is 1.07 bits per heavy atom. The molecule has 144 valence electrons. The highest BCUT2D eigenvalue weighted by molar-refractivity contribution is 5.94. The predicted molar refractivity (Wildman–Crippen MR) is 106 cm³/mol. The number of para-hydroxylation sites is 3. The summed E-state index contributed by atoms with van der Waals surface area (Å²) in [5, 5.41) is 3.24. The van der Waals surface area contributed by atoms with E-state index in [1.54, 1.807) is 14.2 Å². The van der Waals surface area contributed by atoms with Crippen LogP contribution in [0.4, 0.5) is 5.95 Å². The van der Waals surface area contributed by atoms with E-state index < -0.39 is 12.0 Å². The first-order valence-electron chi connectivity index (χ1n) is 8.84. The summed E-state index contributed by atoms with van der Waals surface area (Å²) in [5.74, 6) is 1.39. The number of methoxy groups -OCH3 is 3. The number of nitrogens with one attached hydrogen (secondary N) is 1. The van der Waals surface area contributed by atoms with Crippen LogP contribution in [0.2, 0.25) is 0 Å². The Bertz CT molecular complexity index is 1100. The second-order valence-corrected chi connectivity index (χ2v) is 6.43. The fourth-order valence-electron chi connectivity index (χ4n) is 3.76. The molecule has 0 aliphatic carbocycles. The highest BCUT2D eigenvalue weighted by Gasteiger charge is 2.36. The van der Waals surface area contributed by atoms with Crippen molar-refractivity contribution in [2.75, 3.05) is 26.6 Å². The third-order valence-electron chi connectivity index (χ3n) is 4.96. The minimum Gasteiger partial charge on any atom is -0.493 e. The van der Waals surface area contributed by atoms with Crippen molar-refractivity contribution >= 4 is 23.0 Å². The van der Waals surface area contributed by atoms with Crippen LogP contribution in [0.5, 0.6) is 11.5 Å². The third kappa shape index (κ3) is 2.58. The van der Waals surface area contributed by atoms with Crippen LogP contribution in [-0.4, -0.2) is 36.8 Å². The van der Waals surface area contributed by atoms with E-state index in [1.165, 1.54) is 7.11 Å². The molecular formula is C21H21N3O4.